The fourth-order valence-electron chi connectivity index (χ4n) is 3.02. The van der Waals surface area contributed by atoms with Crippen LogP contribution in [0.1, 0.15) is 29.9 Å². The lowest BCUT2D eigenvalue weighted by Gasteiger charge is -2.25. The van der Waals surface area contributed by atoms with E-state index < -0.39 is 39.2 Å². The molecular weight excluding hydrogens is 378 g/mol. The van der Waals surface area contributed by atoms with Crippen LogP contribution in [0.5, 0.6) is 0 Å². The average molecular weight is 394 g/mol. The smallest absolute Gasteiger partial charge is 0.239 e. The molecule has 2 aromatic carbocycles. The van der Waals surface area contributed by atoms with Crippen molar-refractivity contribution in [3.05, 3.63) is 65.2 Å². The second-order valence-corrected chi connectivity index (χ2v) is 7.96. The van der Waals surface area contributed by atoms with E-state index in [9.17, 15) is 26.8 Å². The first kappa shape index (κ1) is 19.0. The van der Waals surface area contributed by atoms with E-state index >= 15 is 0 Å². The van der Waals surface area contributed by atoms with Crippen LogP contribution in [-0.2, 0) is 25.4 Å². The first-order valence-electron chi connectivity index (χ1n) is 8.10. The molecule has 0 saturated heterocycles. The van der Waals surface area contributed by atoms with E-state index in [1.54, 1.807) is 24.3 Å². The molecule has 0 aliphatic carbocycles. The van der Waals surface area contributed by atoms with Crippen molar-refractivity contribution in [3.63, 3.8) is 0 Å². The summed E-state index contributed by atoms with van der Waals surface area (Å²) in [5, 5.41) is 2.69. The number of rotatable bonds is 5. The maximum atomic E-state index is 13.7. The van der Waals surface area contributed by atoms with E-state index in [1.807, 2.05) is 4.72 Å². The van der Waals surface area contributed by atoms with Crippen molar-refractivity contribution in [2.75, 3.05) is 5.32 Å². The average Bonchev–Trinajstić information content (AvgIpc) is 2.58. The quantitative estimate of drug-likeness (QED) is 0.815. The van der Waals surface area contributed by atoms with Crippen molar-refractivity contribution in [1.82, 2.24) is 4.72 Å². The summed E-state index contributed by atoms with van der Waals surface area (Å²) in [6.45, 7) is 0. The summed E-state index contributed by atoms with van der Waals surface area (Å²) < 4.78 is 53.0. The van der Waals surface area contributed by atoms with Gasteiger partial charge in [0.15, 0.2) is 11.6 Å². The van der Waals surface area contributed by atoms with Gasteiger partial charge in [0.05, 0.1) is 5.75 Å². The van der Waals surface area contributed by atoms with Gasteiger partial charge in [0.25, 0.3) is 0 Å². The highest BCUT2D eigenvalue weighted by atomic mass is 32.2. The zero-order valence-electron chi connectivity index (χ0n) is 14.0. The highest BCUT2D eigenvalue weighted by molar-refractivity contribution is 7.89. The Balaban J connectivity index is 1.70. The van der Waals surface area contributed by atoms with E-state index in [1.165, 1.54) is 6.07 Å². The van der Waals surface area contributed by atoms with Gasteiger partial charge in [-0.1, -0.05) is 30.3 Å². The molecule has 2 amide bonds. The summed E-state index contributed by atoms with van der Waals surface area (Å²) in [4.78, 5) is 24.0. The largest absolute Gasteiger partial charge is 0.326 e. The van der Waals surface area contributed by atoms with Gasteiger partial charge in [-0.25, -0.2) is 17.2 Å². The zero-order chi connectivity index (χ0) is 19.6. The van der Waals surface area contributed by atoms with Crippen LogP contribution in [0.2, 0.25) is 0 Å². The molecule has 1 aliphatic rings. The minimum atomic E-state index is -4.22. The van der Waals surface area contributed by atoms with Gasteiger partial charge in [-0.05, 0) is 17.7 Å². The minimum Gasteiger partial charge on any atom is -0.326 e. The second-order valence-electron chi connectivity index (χ2n) is 6.24. The van der Waals surface area contributed by atoms with Gasteiger partial charge in [0.1, 0.15) is 0 Å². The number of hydrogen-bond acceptors (Lipinski definition) is 4. The molecule has 0 spiro atoms. The topological polar surface area (TPSA) is 92.3 Å². The number of hydrogen-bond donors (Lipinski definition) is 2. The van der Waals surface area contributed by atoms with Crippen molar-refractivity contribution < 1.29 is 26.8 Å². The number of carbonyl (C=O) groups excluding carboxylic acids is 2. The van der Waals surface area contributed by atoms with Crippen LogP contribution in [0.3, 0.4) is 0 Å². The molecule has 2 aromatic rings. The summed E-state index contributed by atoms with van der Waals surface area (Å²) >= 11 is 0. The number of halogens is 2. The van der Waals surface area contributed by atoms with Crippen LogP contribution >= 0.6 is 0 Å². The summed E-state index contributed by atoms with van der Waals surface area (Å²) in [5.41, 5.74) is 0.940. The van der Waals surface area contributed by atoms with Crippen LogP contribution in [0.15, 0.2) is 42.5 Å². The van der Waals surface area contributed by atoms with Crippen molar-refractivity contribution in [1.29, 1.82) is 0 Å². The van der Waals surface area contributed by atoms with Crippen molar-refractivity contribution in [2.24, 2.45) is 0 Å². The van der Waals surface area contributed by atoms with Crippen LogP contribution in [0.25, 0.3) is 0 Å². The number of nitrogens with one attached hydrogen (secondary N) is 2. The van der Waals surface area contributed by atoms with Gasteiger partial charge in [0, 0.05) is 30.0 Å². The molecule has 27 heavy (non-hydrogen) atoms. The molecule has 9 heteroatoms. The van der Waals surface area contributed by atoms with Crippen LogP contribution in [0, 0.1) is 11.6 Å². The summed E-state index contributed by atoms with van der Waals surface area (Å²) in [7, 11) is -4.22. The number of benzene rings is 2. The molecule has 0 bridgehead atoms. The maximum Gasteiger partial charge on any atom is 0.239 e. The molecular formula is C18H16F2N2O4S. The standard InChI is InChI=1S/C18H16F2N2O4S/c19-14-6-3-4-11(18(14)20)10-27(25,26)22-17(24)9-12-8-16(23)21-15-7-2-1-5-13(12)15/h1-7,12H,8-10H2,(H,21,23)(H,22,24). The number of para-hydroxylation sites is 1. The number of sulfonamides is 1. The maximum absolute atomic E-state index is 13.7. The molecule has 0 aromatic heterocycles. The Morgan fingerprint density at radius 2 is 1.89 bits per heavy atom. The predicted molar refractivity (Wildman–Crippen MR) is 94.2 cm³/mol. The molecule has 3 rings (SSSR count). The Morgan fingerprint density at radius 1 is 1.15 bits per heavy atom. The van der Waals surface area contributed by atoms with Gasteiger partial charge in [-0.2, -0.15) is 0 Å². The monoisotopic (exact) mass is 394 g/mol. The lowest BCUT2D eigenvalue weighted by Crippen LogP contribution is -2.34. The normalized spacial score (nSPS) is 16.4. The Kier molecular flexibility index (Phi) is 5.22. The summed E-state index contributed by atoms with van der Waals surface area (Å²) in [6.07, 6.45) is -0.182. The number of anilines is 1. The third-order valence-corrected chi connectivity index (χ3v) is 5.41. The van der Waals surface area contributed by atoms with Gasteiger partial charge in [-0.15, -0.1) is 0 Å². The van der Waals surface area contributed by atoms with E-state index in [-0.39, 0.29) is 24.3 Å². The molecule has 1 unspecified atom stereocenters. The molecule has 0 saturated carbocycles. The molecule has 1 atom stereocenters. The molecule has 142 valence electrons. The van der Waals surface area contributed by atoms with Crippen molar-refractivity contribution in [3.8, 4) is 0 Å². The molecule has 0 fully saturated rings. The molecule has 1 heterocycles. The summed E-state index contributed by atoms with van der Waals surface area (Å²) in [5.74, 6) is -4.87. The van der Waals surface area contributed by atoms with Gasteiger partial charge in [-0.3, -0.25) is 14.3 Å². The van der Waals surface area contributed by atoms with E-state index in [4.69, 9.17) is 0 Å². The van der Waals surface area contributed by atoms with Gasteiger partial charge < -0.3 is 5.32 Å². The molecule has 2 N–H and O–H groups in total. The Bertz CT molecular complexity index is 1010. The van der Waals surface area contributed by atoms with E-state index in [2.05, 4.69) is 5.32 Å². The highest BCUT2D eigenvalue weighted by Crippen LogP contribution is 2.34. The molecule has 6 nitrogen and oxygen atoms in total. The van der Waals surface area contributed by atoms with E-state index in [0.29, 0.717) is 5.69 Å². The zero-order valence-corrected chi connectivity index (χ0v) is 14.9. The SMILES string of the molecule is O=C1CC(CC(=O)NS(=O)(=O)Cc2cccc(F)c2F)c2ccccc2N1. The van der Waals surface area contributed by atoms with Crippen molar-refractivity contribution >= 4 is 27.5 Å². The van der Waals surface area contributed by atoms with E-state index in [0.717, 1.165) is 17.7 Å². The number of carbonyl (C=O) groups is 2. The van der Waals surface area contributed by atoms with Crippen LogP contribution in [-0.4, -0.2) is 20.2 Å². The first-order chi connectivity index (χ1) is 12.7. The minimum absolute atomic E-state index is 0.0446. The molecule has 0 radical (unpaired) electrons. The Morgan fingerprint density at radius 3 is 2.67 bits per heavy atom. The van der Waals surface area contributed by atoms with Crippen molar-refractivity contribution in [2.45, 2.75) is 24.5 Å². The summed E-state index contributed by atoms with van der Waals surface area (Å²) in [6, 6.07) is 10.1. The first-order valence-corrected chi connectivity index (χ1v) is 9.75. The van der Waals surface area contributed by atoms with Crippen LogP contribution < -0.4 is 10.0 Å². The predicted octanol–water partition coefficient (Wildman–Crippen LogP) is 2.43. The highest BCUT2D eigenvalue weighted by Gasteiger charge is 2.28. The van der Waals surface area contributed by atoms with Gasteiger partial charge in [0.2, 0.25) is 21.8 Å². The Labute approximate surface area is 154 Å². The number of fused-ring (bicyclic) bond motifs is 1. The third-order valence-electron chi connectivity index (χ3n) is 4.18. The fourth-order valence-corrected chi connectivity index (χ4v) is 4.16. The van der Waals surface area contributed by atoms with Crippen LogP contribution in [0.4, 0.5) is 14.5 Å². The van der Waals surface area contributed by atoms with Gasteiger partial charge >= 0.3 is 0 Å². The lowest BCUT2D eigenvalue weighted by atomic mass is 9.88. The fraction of sp³-hybridized carbons (Fsp3) is 0.222. The molecule has 1 aliphatic heterocycles. The third kappa shape index (κ3) is 4.48. The lowest BCUT2D eigenvalue weighted by molar-refractivity contribution is -0.120. The Hall–Kier alpha value is -2.81. The second kappa shape index (κ2) is 7.43. The number of amides is 2.